The van der Waals surface area contributed by atoms with E-state index in [4.69, 9.17) is 9.84 Å². The first-order chi connectivity index (χ1) is 18.0. The van der Waals surface area contributed by atoms with Gasteiger partial charge in [-0.15, -0.1) is 0 Å². The van der Waals surface area contributed by atoms with E-state index in [2.05, 4.69) is 74.2 Å². The van der Waals surface area contributed by atoms with Crippen molar-refractivity contribution in [3.05, 3.63) is 95.1 Å². The fraction of sp³-hybridized carbons (Fsp3) is 0.382. The summed E-state index contributed by atoms with van der Waals surface area (Å²) in [4.78, 5) is 12.2. The number of carbonyl (C=O) groups is 1. The Kier molecular flexibility index (Phi) is 9.35. The molecule has 3 aromatic carbocycles. The van der Waals surface area contributed by atoms with Crippen LogP contribution in [-0.2, 0) is 29.0 Å². The average molecular weight is 497 g/mol. The van der Waals surface area contributed by atoms with Crippen LogP contribution in [0, 0.1) is 0 Å². The van der Waals surface area contributed by atoms with Crippen molar-refractivity contribution in [3.63, 3.8) is 0 Å². The lowest BCUT2D eigenvalue weighted by Crippen LogP contribution is -2.11. The Morgan fingerprint density at radius 2 is 1.57 bits per heavy atom. The van der Waals surface area contributed by atoms with E-state index in [1.54, 1.807) is 6.92 Å². The zero-order valence-electron chi connectivity index (χ0n) is 22.4. The molecule has 0 aromatic heterocycles. The van der Waals surface area contributed by atoms with Crippen molar-refractivity contribution in [2.45, 2.75) is 77.7 Å². The molecular weight excluding hydrogens is 456 g/mol. The van der Waals surface area contributed by atoms with Crippen LogP contribution in [0.25, 0.3) is 22.3 Å². The van der Waals surface area contributed by atoms with Crippen LogP contribution in [0.5, 0.6) is 0 Å². The van der Waals surface area contributed by atoms with Gasteiger partial charge in [0.25, 0.3) is 0 Å². The first kappa shape index (κ1) is 26.9. The molecule has 0 radical (unpaired) electrons. The van der Waals surface area contributed by atoms with E-state index in [0.717, 1.165) is 30.4 Å². The zero-order chi connectivity index (χ0) is 26.2. The van der Waals surface area contributed by atoms with Crippen LogP contribution in [0.2, 0.25) is 0 Å². The predicted octanol–water partition coefficient (Wildman–Crippen LogP) is 8.17. The molecule has 1 aliphatic rings. The highest BCUT2D eigenvalue weighted by Crippen LogP contribution is 2.37. The number of aryl methyl sites for hydroxylation is 2. The summed E-state index contributed by atoms with van der Waals surface area (Å²) in [5, 5.41) is 9.10. The summed E-state index contributed by atoms with van der Waals surface area (Å²) < 4.78 is 5.62. The first-order valence-corrected chi connectivity index (χ1v) is 13.8. The molecule has 0 aliphatic heterocycles. The van der Waals surface area contributed by atoms with Crippen LogP contribution in [0.3, 0.4) is 0 Å². The highest BCUT2D eigenvalue weighted by atomic mass is 16.5. The van der Waals surface area contributed by atoms with Crippen molar-refractivity contribution in [2.24, 2.45) is 0 Å². The number of aliphatic hydroxyl groups excluding tert-OH is 1. The molecule has 0 heterocycles. The molecule has 3 aromatic rings. The number of benzene rings is 3. The summed E-state index contributed by atoms with van der Waals surface area (Å²) in [6, 6.07) is 22.2. The van der Waals surface area contributed by atoms with E-state index >= 15 is 0 Å². The van der Waals surface area contributed by atoms with Crippen LogP contribution in [0.15, 0.2) is 72.8 Å². The van der Waals surface area contributed by atoms with Gasteiger partial charge in [-0.2, -0.15) is 0 Å². The minimum absolute atomic E-state index is 0.225. The minimum atomic E-state index is -0.333. The molecule has 0 saturated heterocycles. The van der Waals surface area contributed by atoms with Crippen molar-refractivity contribution in [3.8, 4) is 22.3 Å². The van der Waals surface area contributed by atoms with Gasteiger partial charge in [-0.1, -0.05) is 87.4 Å². The molecule has 37 heavy (non-hydrogen) atoms. The molecule has 0 amide bonds. The molecule has 3 heteroatoms. The van der Waals surface area contributed by atoms with E-state index in [9.17, 15) is 4.79 Å². The van der Waals surface area contributed by atoms with Gasteiger partial charge in [-0.25, -0.2) is 4.79 Å². The Labute approximate surface area is 222 Å². The molecular formula is C34H40O3. The second-order valence-electron chi connectivity index (χ2n) is 10.4. The Bertz CT molecular complexity index is 1220. The number of esters is 1. The van der Waals surface area contributed by atoms with Crippen LogP contribution in [0.1, 0.15) is 80.5 Å². The van der Waals surface area contributed by atoms with Gasteiger partial charge in [0.2, 0.25) is 0 Å². The average Bonchev–Trinajstić information content (AvgIpc) is 2.95. The number of aliphatic hydroxyl groups is 1. The number of ether oxygens (including phenoxy) is 1. The van der Waals surface area contributed by atoms with Crippen LogP contribution in [0.4, 0.5) is 0 Å². The molecule has 0 unspecified atom stereocenters. The molecule has 194 valence electrons. The van der Waals surface area contributed by atoms with Gasteiger partial charge in [-0.05, 0) is 95.5 Å². The second-order valence-corrected chi connectivity index (χ2v) is 10.4. The van der Waals surface area contributed by atoms with Gasteiger partial charge in [0, 0.05) is 12.2 Å². The number of rotatable bonds is 10. The van der Waals surface area contributed by atoms with E-state index in [0.29, 0.717) is 11.5 Å². The lowest BCUT2D eigenvalue weighted by Gasteiger charge is -2.25. The highest BCUT2D eigenvalue weighted by Gasteiger charge is 2.20. The zero-order valence-corrected chi connectivity index (χ0v) is 22.4. The van der Waals surface area contributed by atoms with Crippen LogP contribution < -0.4 is 0 Å². The van der Waals surface area contributed by atoms with Crippen LogP contribution in [-0.4, -0.2) is 17.7 Å². The third kappa shape index (κ3) is 6.78. The molecule has 1 fully saturated rings. The van der Waals surface area contributed by atoms with Crippen molar-refractivity contribution < 1.29 is 14.6 Å². The minimum Gasteiger partial charge on any atom is -0.457 e. The molecule has 0 atom stereocenters. The standard InChI is InChI=1S/C34H40O3/c1-4-26-21-29(16-18-32(26)28-14-12-25(13-15-28)9-8-20-35)30-17-19-33(27-10-6-5-7-11-27)31(22-30)23-37-34(36)24(2)3/h12-19,21-22,27,35H,2,4-11,20,23H2,1,3H3. The Balaban J connectivity index is 1.63. The molecule has 1 N–H and O–H groups in total. The number of hydrogen-bond donors (Lipinski definition) is 1. The van der Waals surface area contributed by atoms with E-state index in [-0.39, 0.29) is 19.2 Å². The molecule has 3 nitrogen and oxygen atoms in total. The summed E-state index contributed by atoms with van der Waals surface area (Å²) in [6.07, 6.45) is 8.88. The fourth-order valence-corrected chi connectivity index (χ4v) is 5.47. The quantitative estimate of drug-likeness (QED) is 0.227. The largest absolute Gasteiger partial charge is 0.457 e. The summed E-state index contributed by atoms with van der Waals surface area (Å²) in [6.45, 7) is 8.13. The van der Waals surface area contributed by atoms with E-state index in [1.807, 2.05) is 0 Å². The predicted molar refractivity (Wildman–Crippen MR) is 153 cm³/mol. The third-order valence-corrected chi connectivity index (χ3v) is 7.60. The van der Waals surface area contributed by atoms with Crippen molar-refractivity contribution in [1.29, 1.82) is 0 Å². The highest BCUT2D eigenvalue weighted by molar-refractivity contribution is 5.87. The summed E-state index contributed by atoms with van der Waals surface area (Å²) in [5.74, 6) is 0.204. The molecule has 0 bridgehead atoms. The SMILES string of the molecule is C=C(C)C(=O)OCc1cc(-c2ccc(-c3ccc(CCCO)cc3)c(CC)c2)ccc1C1CCCCC1. The van der Waals surface area contributed by atoms with Gasteiger partial charge < -0.3 is 9.84 Å². The smallest absolute Gasteiger partial charge is 0.333 e. The summed E-state index contributed by atoms with van der Waals surface area (Å²) in [5.41, 5.74) is 10.2. The Morgan fingerprint density at radius 1 is 0.919 bits per heavy atom. The summed E-state index contributed by atoms with van der Waals surface area (Å²) >= 11 is 0. The fourth-order valence-electron chi connectivity index (χ4n) is 5.47. The van der Waals surface area contributed by atoms with Crippen molar-refractivity contribution in [2.75, 3.05) is 6.61 Å². The summed E-state index contributed by atoms with van der Waals surface area (Å²) in [7, 11) is 0. The van der Waals surface area contributed by atoms with Crippen molar-refractivity contribution in [1.82, 2.24) is 0 Å². The molecule has 4 rings (SSSR count). The lowest BCUT2D eigenvalue weighted by molar-refractivity contribution is -0.140. The molecule has 1 saturated carbocycles. The van der Waals surface area contributed by atoms with Gasteiger partial charge in [0.15, 0.2) is 0 Å². The molecule has 1 aliphatic carbocycles. The van der Waals surface area contributed by atoms with Gasteiger partial charge in [-0.3, -0.25) is 0 Å². The molecule has 0 spiro atoms. The number of hydrogen-bond acceptors (Lipinski definition) is 3. The van der Waals surface area contributed by atoms with E-state index < -0.39 is 0 Å². The van der Waals surface area contributed by atoms with E-state index in [1.165, 1.54) is 65.5 Å². The first-order valence-electron chi connectivity index (χ1n) is 13.8. The van der Waals surface area contributed by atoms with Crippen LogP contribution >= 0.6 is 0 Å². The maximum absolute atomic E-state index is 12.2. The Morgan fingerprint density at radius 3 is 2.22 bits per heavy atom. The maximum atomic E-state index is 12.2. The second kappa shape index (κ2) is 12.9. The Hall–Kier alpha value is -3.17. The topological polar surface area (TPSA) is 46.5 Å². The van der Waals surface area contributed by atoms with Gasteiger partial charge >= 0.3 is 5.97 Å². The normalized spacial score (nSPS) is 13.9. The van der Waals surface area contributed by atoms with Crippen molar-refractivity contribution >= 4 is 5.97 Å². The lowest BCUT2D eigenvalue weighted by atomic mass is 9.81. The monoisotopic (exact) mass is 496 g/mol. The van der Waals surface area contributed by atoms with Gasteiger partial charge in [0.05, 0.1) is 0 Å². The number of carbonyl (C=O) groups excluding carboxylic acids is 1. The maximum Gasteiger partial charge on any atom is 0.333 e. The third-order valence-electron chi connectivity index (χ3n) is 7.60. The van der Waals surface area contributed by atoms with Gasteiger partial charge in [0.1, 0.15) is 6.61 Å².